The Morgan fingerprint density at radius 3 is 2.55 bits per heavy atom. The summed E-state index contributed by atoms with van der Waals surface area (Å²) < 4.78 is 5.22. The number of benzene rings is 2. The van der Waals surface area contributed by atoms with E-state index >= 15 is 0 Å². The smallest absolute Gasteiger partial charge is 0.254 e. The van der Waals surface area contributed by atoms with Gasteiger partial charge in [-0.2, -0.15) is 4.98 Å². The van der Waals surface area contributed by atoms with Crippen molar-refractivity contribution in [3.05, 3.63) is 71.4 Å². The van der Waals surface area contributed by atoms with Crippen LogP contribution in [0.1, 0.15) is 10.4 Å². The third-order valence-electron chi connectivity index (χ3n) is 6.18. The minimum absolute atomic E-state index is 0.0779. The van der Waals surface area contributed by atoms with Crippen LogP contribution in [-0.4, -0.2) is 54.1 Å². The van der Waals surface area contributed by atoms with E-state index in [1.54, 1.807) is 19.4 Å². The van der Waals surface area contributed by atoms with Crippen LogP contribution in [0, 0.1) is 11.8 Å². The van der Waals surface area contributed by atoms with Crippen molar-refractivity contribution in [2.24, 2.45) is 11.8 Å². The summed E-state index contributed by atoms with van der Waals surface area (Å²) in [5.74, 6) is 2.16. The lowest BCUT2D eigenvalue weighted by Gasteiger charge is -2.23. The standard InChI is InChI=1S/C24H23ClN4O2/c1-31-22-9-10-26-24(27-22)29-14-17-12-28(13-18(17)15-29)23(30)21-8-3-2-7-20(21)16-5-4-6-19(25)11-16/h2-11,17-18H,12-15H2,1H3. The minimum atomic E-state index is 0.0779. The van der Waals surface area contributed by atoms with Crippen molar-refractivity contribution >= 4 is 23.5 Å². The number of ether oxygens (including phenoxy) is 1. The first-order valence-corrected chi connectivity index (χ1v) is 10.8. The van der Waals surface area contributed by atoms with Crippen LogP contribution in [0.15, 0.2) is 60.8 Å². The van der Waals surface area contributed by atoms with Gasteiger partial charge in [-0.15, -0.1) is 0 Å². The molecule has 3 aromatic rings. The first-order valence-electron chi connectivity index (χ1n) is 10.4. The van der Waals surface area contributed by atoms with Gasteiger partial charge < -0.3 is 14.5 Å². The topological polar surface area (TPSA) is 58.6 Å². The summed E-state index contributed by atoms with van der Waals surface area (Å²) in [4.78, 5) is 26.5. The molecule has 158 valence electrons. The molecule has 2 atom stereocenters. The van der Waals surface area contributed by atoms with Crippen molar-refractivity contribution in [2.75, 3.05) is 38.2 Å². The zero-order chi connectivity index (χ0) is 21.4. The molecule has 0 radical (unpaired) electrons. The molecule has 2 aromatic carbocycles. The van der Waals surface area contributed by atoms with Crippen molar-refractivity contribution < 1.29 is 9.53 Å². The predicted octanol–water partition coefficient (Wildman–Crippen LogP) is 4.01. The van der Waals surface area contributed by atoms with E-state index in [-0.39, 0.29) is 5.91 Å². The highest BCUT2D eigenvalue weighted by atomic mass is 35.5. The molecule has 1 aromatic heterocycles. The van der Waals surface area contributed by atoms with E-state index in [1.165, 1.54) is 0 Å². The maximum atomic E-state index is 13.4. The van der Waals surface area contributed by atoms with E-state index in [0.717, 1.165) is 42.9 Å². The highest BCUT2D eigenvalue weighted by Gasteiger charge is 2.42. The Bertz CT molecular complexity index is 1110. The number of carbonyl (C=O) groups excluding carboxylic acids is 1. The van der Waals surface area contributed by atoms with Crippen molar-refractivity contribution in [2.45, 2.75) is 0 Å². The second-order valence-electron chi connectivity index (χ2n) is 8.09. The summed E-state index contributed by atoms with van der Waals surface area (Å²) in [6.07, 6.45) is 1.72. The van der Waals surface area contributed by atoms with Crippen LogP contribution in [0.25, 0.3) is 11.1 Å². The summed E-state index contributed by atoms with van der Waals surface area (Å²) in [7, 11) is 1.61. The molecule has 2 aliphatic heterocycles. The SMILES string of the molecule is COc1ccnc(N2CC3CN(C(=O)c4ccccc4-c4cccc(Cl)c4)CC3C2)n1. The molecule has 7 heteroatoms. The number of hydrogen-bond acceptors (Lipinski definition) is 5. The average molecular weight is 435 g/mol. The van der Waals surface area contributed by atoms with E-state index in [9.17, 15) is 4.79 Å². The molecule has 2 aliphatic rings. The van der Waals surface area contributed by atoms with Gasteiger partial charge in [0.05, 0.1) is 7.11 Å². The number of anilines is 1. The van der Waals surface area contributed by atoms with Gasteiger partial charge in [0.15, 0.2) is 0 Å². The molecular formula is C24H23ClN4O2. The van der Waals surface area contributed by atoms with E-state index in [1.807, 2.05) is 53.4 Å². The molecule has 2 unspecified atom stereocenters. The van der Waals surface area contributed by atoms with Gasteiger partial charge in [0.1, 0.15) is 0 Å². The van der Waals surface area contributed by atoms with Crippen LogP contribution < -0.4 is 9.64 Å². The van der Waals surface area contributed by atoms with Crippen LogP contribution in [0.5, 0.6) is 5.88 Å². The zero-order valence-corrected chi connectivity index (χ0v) is 18.0. The Balaban J connectivity index is 1.32. The van der Waals surface area contributed by atoms with Crippen LogP contribution >= 0.6 is 11.6 Å². The van der Waals surface area contributed by atoms with E-state index in [4.69, 9.17) is 16.3 Å². The number of aromatic nitrogens is 2. The third-order valence-corrected chi connectivity index (χ3v) is 6.41. The third kappa shape index (κ3) is 3.83. The Morgan fingerprint density at radius 2 is 1.81 bits per heavy atom. The van der Waals surface area contributed by atoms with Crippen molar-refractivity contribution in [3.63, 3.8) is 0 Å². The number of nitrogens with zero attached hydrogens (tertiary/aromatic N) is 4. The van der Waals surface area contributed by atoms with Crippen LogP contribution in [0.3, 0.4) is 0 Å². The summed E-state index contributed by atoms with van der Waals surface area (Å²) >= 11 is 6.18. The van der Waals surface area contributed by atoms with E-state index in [0.29, 0.717) is 28.7 Å². The van der Waals surface area contributed by atoms with Crippen LogP contribution in [0.4, 0.5) is 5.95 Å². The average Bonchev–Trinajstić information content (AvgIpc) is 3.38. The number of carbonyl (C=O) groups is 1. The maximum absolute atomic E-state index is 13.4. The lowest BCUT2D eigenvalue weighted by atomic mass is 9.99. The van der Waals surface area contributed by atoms with Crippen molar-refractivity contribution in [1.82, 2.24) is 14.9 Å². The van der Waals surface area contributed by atoms with Gasteiger partial charge in [0.2, 0.25) is 11.8 Å². The van der Waals surface area contributed by atoms with E-state index < -0.39 is 0 Å². The number of rotatable bonds is 4. The number of halogens is 1. The predicted molar refractivity (Wildman–Crippen MR) is 121 cm³/mol. The Kier molecular flexibility index (Phi) is 5.24. The molecule has 6 nitrogen and oxygen atoms in total. The lowest BCUT2D eigenvalue weighted by molar-refractivity contribution is 0.0783. The van der Waals surface area contributed by atoms with Gasteiger partial charge in [-0.25, -0.2) is 4.98 Å². The van der Waals surface area contributed by atoms with Gasteiger partial charge in [0, 0.05) is 60.9 Å². The summed E-state index contributed by atoms with van der Waals surface area (Å²) in [5.41, 5.74) is 2.59. The fraction of sp³-hybridized carbons (Fsp3) is 0.292. The Hall–Kier alpha value is -3.12. The first-order chi connectivity index (χ1) is 15.1. The number of amides is 1. The molecule has 31 heavy (non-hydrogen) atoms. The van der Waals surface area contributed by atoms with Gasteiger partial charge in [-0.3, -0.25) is 4.79 Å². The fourth-order valence-corrected chi connectivity index (χ4v) is 4.86. The highest BCUT2D eigenvalue weighted by molar-refractivity contribution is 6.30. The molecule has 0 aliphatic carbocycles. The number of methoxy groups -OCH3 is 1. The largest absolute Gasteiger partial charge is 0.481 e. The van der Waals surface area contributed by atoms with Gasteiger partial charge in [-0.05, 0) is 29.3 Å². The lowest BCUT2D eigenvalue weighted by Crippen LogP contribution is -2.34. The first kappa shape index (κ1) is 19.8. The molecule has 5 rings (SSSR count). The quantitative estimate of drug-likeness (QED) is 0.620. The van der Waals surface area contributed by atoms with Gasteiger partial charge in [-0.1, -0.05) is 41.9 Å². The highest BCUT2D eigenvalue weighted by Crippen LogP contribution is 2.35. The molecule has 2 fully saturated rings. The fourth-order valence-electron chi connectivity index (χ4n) is 4.67. The molecule has 2 saturated heterocycles. The van der Waals surface area contributed by atoms with Crippen LogP contribution in [-0.2, 0) is 0 Å². The second-order valence-corrected chi connectivity index (χ2v) is 8.53. The molecule has 0 saturated carbocycles. The molecule has 0 N–H and O–H groups in total. The minimum Gasteiger partial charge on any atom is -0.481 e. The maximum Gasteiger partial charge on any atom is 0.254 e. The van der Waals surface area contributed by atoms with Crippen molar-refractivity contribution in [1.29, 1.82) is 0 Å². The normalized spacial score (nSPS) is 20.1. The number of likely N-dealkylation sites (tertiary alicyclic amines) is 1. The molecule has 1 amide bonds. The van der Waals surface area contributed by atoms with Gasteiger partial charge >= 0.3 is 0 Å². The summed E-state index contributed by atoms with van der Waals surface area (Å²) in [6, 6.07) is 17.2. The Morgan fingerprint density at radius 1 is 1.03 bits per heavy atom. The molecule has 3 heterocycles. The van der Waals surface area contributed by atoms with Crippen molar-refractivity contribution in [3.8, 4) is 17.0 Å². The molecule has 0 bridgehead atoms. The summed E-state index contributed by atoms with van der Waals surface area (Å²) in [5, 5.41) is 0.662. The number of hydrogen-bond donors (Lipinski definition) is 0. The molecule has 0 spiro atoms. The monoisotopic (exact) mass is 434 g/mol. The van der Waals surface area contributed by atoms with E-state index in [2.05, 4.69) is 14.9 Å². The van der Waals surface area contributed by atoms with Gasteiger partial charge in [0.25, 0.3) is 5.91 Å². The number of fused-ring (bicyclic) bond motifs is 1. The molecular weight excluding hydrogens is 412 g/mol. The second kappa shape index (κ2) is 8.19. The Labute approximate surface area is 186 Å². The zero-order valence-electron chi connectivity index (χ0n) is 17.2. The summed E-state index contributed by atoms with van der Waals surface area (Å²) in [6.45, 7) is 3.18. The van der Waals surface area contributed by atoms with Crippen LogP contribution in [0.2, 0.25) is 5.02 Å².